The molecular formula is C13H12ClF3N2. The summed E-state index contributed by atoms with van der Waals surface area (Å²) in [6.07, 6.45) is -2.24. The standard InChI is InChI=1S/C13H12ClF3N2/c14-10-5-2-4-9(13(15,16)17)12(10)19-11-6-1-3-8(11)7-18/h2,4-5,8,11,19H,1,3,6H2. The molecule has 0 heterocycles. The van der Waals surface area contributed by atoms with Crippen molar-refractivity contribution < 1.29 is 13.2 Å². The molecule has 2 nitrogen and oxygen atoms in total. The Balaban J connectivity index is 2.32. The molecule has 1 N–H and O–H groups in total. The van der Waals surface area contributed by atoms with E-state index in [2.05, 4.69) is 11.4 Å². The summed E-state index contributed by atoms with van der Waals surface area (Å²) < 4.78 is 38.8. The summed E-state index contributed by atoms with van der Waals surface area (Å²) in [5.41, 5.74) is -0.910. The van der Waals surface area contributed by atoms with Crippen LogP contribution in [0.25, 0.3) is 0 Å². The fourth-order valence-electron chi connectivity index (χ4n) is 2.38. The Morgan fingerprint density at radius 2 is 2.05 bits per heavy atom. The lowest BCUT2D eigenvalue weighted by atomic mass is 10.0. The Labute approximate surface area is 114 Å². The van der Waals surface area contributed by atoms with Crippen LogP contribution < -0.4 is 5.32 Å². The molecule has 19 heavy (non-hydrogen) atoms. The second-order valence-electron chi connectivity index (χ2n) is 4.58. The normalized spacial score (nSPS) is 23.1. The van der Waals surface area contributed by atoms with Crippen molar-refractivity contribution in [3.63, 3.8) is 0 Å². The fraction of sp³-hybridized carbons (Fsp3) is 0.462. The molecule has 1 aliphatic rings. The molecule has 0 spiro atoms. The van der Waals surface area contributed by atoms with Crippen LogP contribution in [0.4, 0.5) is 18.9 Å². The van der Waals surface area contributed by atoms with E-state index in [1.165, 1.54) is 12.1 Å². The number of rotatable bonds is 2. The molecule has 0 saturated heterocycles. The van der Waals surface area contributed by atoms with E-state index in [1.54, 1.807) is 0 Å². The monoisotopic (exact) mass is 288 g/mol. The predicted octanol–water partition coefficient (Wildman–Crippen LogP) is 4.46. The third kappa shape index (κ3) is 2.95. The fourth-order valence-corrected chi connectivity index (χ4v) is 2.61. The second-order valence-corrected chi connectivity index (χ2v) is 4.98. The molecule has 1 saturated carbocycles. The van der Waals surface area contributed by atoms with Gasteiger partial charge in [0.25, 0.3) is 0 Å². The van der Waals surface area contributed by atoms with Crippen LogP contribution in [0.2, 0.25) is 5.02 Å². The third-order valence-electron chi connectivity index (χ3n) is 3.33. The maximum Gasteiger partial charge on any atom is 0.418 e. The minimum absolute atomic E-state index is 0.0263. The van der Waals surface area contributed by atoms with Crippen LogP contribution in [0.15, 0.2) is 18.2 Å². The lowest BCUT2D eigenvalue weighted by molar-refractivity contribution is -0.137. The lowest BCUT2D eigenvalue weighted by Gasteiger charge is -2.21. The first-order chi connectivity index (χ1) is 8.93. The number of para-hydroxylation sites is 1. The highest BCUT2D eigenvalue weighted by Gasteiger charge is 2.36. The van der Waals surface area contributed by atoms with E-state index in [-0.39, 0.29) is 22.7 Å². The van der Waals surface area contributed by atoms with Gasteiger partial charge >= 0.3 is 6.18 Å². The Kier molecular flexibility index (Phi) is 3.91. The minimum Gasteiger partial charge on any atom is -0.379 e. The van der Waals surface area contributed by atoms with E-state index in [1.807, 2.05) is 0 Å². The van der Waals surface area contributed by atoms with Gasteiger partial charge in [0.1, 0.15) is 0 Å². The van der Waals surface area contributed by atoms with Crippen LogP contribution in [-0.4, -0.2) is 6.04 Å². The number of benzene rings is 1. The molecule has 1 fully saturated rings. The van der Waals surface area contributed by atoms with Crippen LogP contribution in [0.1, 0.15) is 24.8 Å². The summed E-state index contributed by atoms with van der Waals surface area (Å²) in [6, 6.07) is 5.53. The Morgan fingerprint density at radius 3 is 2.68 bits per heavy atom. The molecule has 0 radical (unpaired) electrons. The van der Waals surface area contributed by atoms with Crippen molar-refractivity contribution >= 4 is 17.3 Å². The molecule has 0 bridgehead atoms. The topological polar surface area (TPSA) is 35.8 Å². The van der Waals surface area contributed by atoms with Gasteiger partial charge in [-0.2, -0.15) is 18.4 Å². The number of nitrogens with zero attached hydrogens (tertiary/aromatic N) is 1. The number of anilines is 1. The van der Waals surface area contributed by atoms with Gasteiger partial charge in [-0.3, -0.25) is 0 Å². The maximum atomic E-state index is 12.9. The number of hydrogen-bond donors (Lipinski definition) is 1. The van der Waals surface area contributed by atoms with Gasteiger partial charge in [0.15, 0.2) is 0 Å². The first-order valence-corrected chi connectivity index (χ1v) is 6.33. The maximum absolute atomic E-state index is 12.9. The zero-order valence-corrected chi connectivity index (χ0v) is 10.7. The average Bonchev–Trinajstić information content (AvgIpc) is 2.77. The summed E-state index contributed by atoms with van der Waals surface area (Å²) in [5.74, 6) is -0.266. The number of nitriles is 1. The van der Waals surface area contributed by atoms with Crippen molar-refractivity contribution in [3.8, 4) is 6.07 Å². The molecule has 2 rings (SSSR count). The van der Waals surface area contributed by atoms with Crippen molar-refractivity contribution in [1.82, 2.24) is 0 Å². The van der Waals surface area contributed by atoms with Gasteiger partial charge in [0.05, 0.1) is 28.3 Å². The Bertz CT molecular complexity index is 508. The molecule has 2 atom stereocenters. The van der Waals surface area contributed by atoms with E-state index >= 15 is 0 Å². The highest BCUT2D eigenvalue weighted by atomic mass is 35.5. The van der Waals surface area contributed by atoms with Crippen molar-refractivity contribution in [3.05, 3.63) is 28.8 Å². The van der Waals surface area contributed by atoms with E-state index in [0.29, 0.717) is 12.8 Å². The molecule has 0 aliphatic heterocycles. The first-order valence-electron chi connectivity index (χ1n) is 5.95. The van der Waals surface area contributed by atoms with Crippen molar-refractivity contribution in [2.24, 2.45) is 5.92 Å². The van der Waals surface area contributed by atoms with Gasteiger partial charge < -0.3 is 5.32 Å². The Morgan fingerprint density at radius 1 is 1.32 bits per heavy atom. The van der Waals surface area contributed by atoms with Crippen LogP contribution >= 0.6 is 11.6 Å². The molecule has 1 aliphatic carbocycles. The SMILES string of the molecule is N#CC1CCCC1Nc1c(Cl)cccc1C(F)(F)F. The molecule has 0 aromatic heterocycles. The van der Waals surface area contributed by atoms with Crippen LogP contribution in [0.5, 0.6) is 0 Å². The number of halogens is 4. The van der Waals surface area contributed by atoms with Crippen molar-refractivity contribution in [2.45, 2.75) is 31.5 Å². The molecule has 1 aromatic rings. The summed E-state index contributed by atoms with van der Waals surface area (Å²) in [4.78, 5) is 0. The number of alkyl halides is 3. The third-order valence-corrected chi connectivity index (χ3v) is 3.65. The summed E-state index contributed by atoms with van der Waals surface area (Å²) >= 11 is 5.86. The zero-order chi connectivity index (χ0) is 14.0. The lowest BCUT2D eigenvalue weighted by Crippen LogP contribution is -2.25. The van der Waals surface area contributed by atoms with Crippen molar-refractivity contribution in [1.29, 1.82) is 5.26 Å². The van der Waals surface area contributed by atoms with Crippen LogP contribution in [0.3, 0.4) is 0 Å². The van der Waals surface area contributed by atoms with Gasteiger partial charge in [-0.1, -0.05) is 17.7 Å². The molecule has 102 valence electrons. The van der Waals surface area contributed by atoms with E-state index in [4.69, 9.17) is 16.9 Å². The Hall–Kier alpha value is -1.41. The van der Waals surface area contributed by atoms with Crippen molar-refractivity contribution in [2.75, 3.05) is 5.32 Å². The van der Waals surface area contributed by atoms with Crippen LogP contribution in [0, 0.1) is 17.2 Å². The predicted molar refractivity (Wildman–Crippen MR) is 66.8 cm³/mol. The zero-order valence-electron chi connectivity index (χ0n) is 9.97. The van der Waals surface area contributed by atoms with E-state index < -0.39 is 11.7 Å². The minimum atomic E-state index is -4.46. The molecular weight excluding hydrogens is 277 g/mol. The van der Waals surface area contributed by atoms with Crippen LogP contribution in [-0.2, 0) is 6.18 Å². The quantitative estimate of drug-likeness (QED) is 0.872. The largest absolute Gasteiger partial charge is 0.418 e. The highest BCUT2D eigenvalue weighted by Crippen LogP contribution is 2.40. The van der Waals surface area contributed by atoms with E-state index in [9.17, 15) is 13.2 Å². The van der Waals surface area contributed by atoms with E-state index in [0.717, 1.165) is 12.5 Å². The number of hydrogen-bond acceptors (Lipinski definition) is 2. The molecule has 0 amide bonds. The van der Waals surface area contributed by atoms with Gasteiger partial charge in [0, 0.05) is 6.04 Å². The van der Waals surface area contributed by atoms with Gasteiger partial charge in [0.2, 0.25) is 0 Å². The second kappa shape index (κ2) is 5.30. The molecule has 2 unspecified atom stereocenters. The highest BCUT2D eigenvalue weighted by molar-refractivity contribution is 6.33. The first kappa shape index (κ1) is 14.0. The molecule has 1 aromatic carbocycles. The van der Waals surface area contributed by atoms with Gasteiger partial charge in [-0.15, -0.1) is 0 Å². The van der Waals surface area contributed by atoms with Gasteiger partial charge in [-0.05, 0) is 31.4 Å². The summed E-state index contributed by atoms with van der Waals surface area (Å²) in [7, 11) is 0. The average molecular weight is 289 g/mol. The van der Waals surface area contributed by atoms with Gasteiger partial charge in [-0.25, -0.2) is 0 Å². The molecule has 6 heteroatoms. The smallest absolute Gasteiger partial charge is 0.379 e. The summed E-state index contributed by atoms with van der Waals surface area (Å²) in [6.45, 7) is 0. The summed E-state index contributed by atoms with van der Waals surface area (Å²) in [5, 5.41) is 11.8. The number of nitrogens with one attached hydrogen (secondary N) is 1.